The quantitative estimate of drug-likeness (QED) is 0.102. The van der Waals surface area contributed by atoms with Crippen LogP contribution in [0.4, 0.5) is 31.8 Å². The number of hydrogen-bond acceptors (Lipinski definition) is 8. The summed E-state index contributed by atoms with van der Waals surface area (Å²) in [6.07, 6.45) is 5.75. The molecule has 2 aromatic carbocycles. The number of halogens is 4. The molecule has 2 aromatic heterocycles. The largest absolute Gasteiger partial charge is 0.390 e. The van der Waals surface area contributed by atoms with Gasteiger partial charge in [-0.25, -0.2) is 8.78 Å². The van der Waals surface area contributed by atoms with Crippen molar-refractivity contribution >= 4 is 58.0 Å². The highest BCUT2D eigenvalue weighted by Gasteiger charge is 2.57. The van der Waals surface area contributed by atoms with E-state index in [4.69, 9.17) is 34.7 Å². The summed E-state index contributed by atoms with van der Waals surface area (Å²) in [5.41, 5.74) is 14.2. The van der Waals surface area contributed by atoms with E-state index >= 15 is 0 Å². The van der Waals surface area contributed by atoms with Gasteiger partial charge in [0, 0.05) is 37.3 Å². The summed E-state index contributed by atoms with van der Waals surface area (Å²) < 4.78 is 29.9. The summed E-state index contributed by atoms with van der Waals surface area (Å²) in [6, 6.07) is 8.05. The first-order valence-corrected chi connectivity index (χ1v) is 21.6. The molecule has 4 aliphatic carbocycles. The van der Waals surface area contributed by atoms with E-state index in [1.54, 1.807) is 18.8 Å². The number of carbonyl (C=O) groups excluding carboxylic acids is 2. The number of fused-ring (bicyclic) bond motifs is 2. The molecule has 0 spiro atoms. The first-order chi connectivity index (χ1) is 28.3. The van der Waals surface area contributed by atoms with Gasteiger partial charge in [0.15, 0.2) is 0 Å². The minimum atomic E-state index is -1.08. The second-order valence-corrected chi connectivity index (χ2v) is 19.1. The molecule has 12 nitrogen and oxygen atoms in total. The van der Waals surface area contributed by atoms with Gasteiger partial charge in [-0.3, -0.25) is 19.0 Å². The smallest absolute Gasteiger partial charge is 0.261 e. The molecule has 16 heteroatoms. The highest BCUT2D eigenvalue weighted by atomic mass is 35.5. The van der Waals surface area contributed by atoms with Crippen LogP contribution in [0.25, 0.3) is 0 Å². The number of aliphatic hydroxyl groups is 2. The molecule has 324 valence electrons. The molecular formula is C44H56Cl2F2N8O4. The van der Waals surface area contributed by atoms with Crippen molar-refractivity contribution in [3.63, 3.8) is 0 Å². The summed E-state index contributed by atoms with van der Waals surface area (Å²) in [7, 11) is 3.43. The fourth-order valence-corrected chi connectivity index (χ4v) is 11.0. The molecule has 0 radical (unpaired) electrons. The Morgan fingerprint density at radius 3 is 1.60 bits per heavy atom. The number of rotatable bonds is 8. The third kappa shape index (κ3) is 8.24. The van der Waals surface area contributed by atoms with E-state index in [1.807, 2.05) is 13.8 Å². The zero-order chi connectivity index (χ0) is 43.5. The van der Waals surface area contributed by atoms with Crippen molar-refractivity contribution in [2.24, 2.45) is 55.5 Å². The zero-order valence-corrected chi connectivity index (χ0v) is 36.4. The maximum atomic E-state index is 13.4. The van der Waals surface area contributed by atoms with Crippen molar-refractivity contribution in [1.82, 2.24) is 19.6 Å². The van der Waals surface area contributed by atoms with E-state index in [-0.39, 0.29) is 56.9 Å². The van der Waals surface area contributed by atoms with Crippen molar-refractivity contribution in [3.8, 4) is 0 Å². The number of hydrogen-bond donors (Lipinski definition) is 6. The highest BCUT2D eigenvalue weighted by molar-refractivity contribution is 6.31. The first-order valence-electron chi connectivity index (χ1n) is 20.8. The molecule has 8 N–H and O–H groups in total. The number of anilines is 4. The molecule has 8 rings (SSSR count). The Morgan fingerprint density at radius 2 is 1.20 bits per heavy atom. The number of aryl methyl sites for hydroxylation is 2. The SMILES string of the molecule is CC(C)C1(O)CC2CC(c3nn(C)c(N)c3C(=O)Nc3ccc(F)c(Cl)c3)CC2C1O.CC(C)C1CC2CC(c3nn(C)c(N)c3C(=O)Nc3ccc(F)c(Cl)c3)CC2C1. The van der Waals surface area contributed by atoms with Gasteiger partial charge in [0.25, 0.3) is 11.8 Å². The topological polar surface area (TPSA) is 186 Å². The van der Waals surface area contributed by atoms with Crippen molar-refractivity contribution in [3.05, 3.63) is 80.6 Å². The third-order valence-electron chi connectivity index (χ3n) is 14.1. The standard InChI is InChI=1S/C22H28ClFN4O3.C22H28ClFN4O/c1-10(2)22(31)9-12-6-11(7-14(12)19(22)29)18-17(20(25)28(3)27-18)21(30)26-13-4-5-16(24)15(23)8-13;1-11(2)12-6-13-8-15(9-14(13)7-12)20-19(21(25)28(3)27-20)22(29)26-16-4-5-18(24)17(23)10-16/h4-5,8,10-12,14,19,29,31H,6-7,9,25H2,1-3H3,(H,26,30);4-5,10-15H,6-9,25H2,1-3H3,(H,26,29). The lowest BCUT2D eigenvalue weighted by Gasteiger charge is -2.33. The molecule has 7 unspecified atom stereocenters. The molecule has 4 saturated carbocycles. The van der Waals surface area contributed by atoms with E-state index in [0.717, 1.165) is 36.8 Å². The molecule has 4 fully saturated rings. The fourth-order valence-electron chi connectivity index (χ4n) is 10.6. The lowest BCUT2D eigenvalue weighted by atomic mass is 9.82. The van der Waals surface area contributed by atoms with Crippen LogP contribution < -0.4 is 22.1 Å². The minimum absolute atomic E-state index is 0.0366. The lowest BCUT2D eigenvalue weighted by molar-refractivity contribution is -0.0980. The van der Waals surface area contributed by atoms with E-state index in [1.165, 1.54) is 53.9 Å². The van der Waals surface area contributed by atoms with E-state index in [9.17, 15) is 28.6 Å². The maximum Gasteiger partial charge on any atom is 0.261 e. The van der Waals surface area contributed by atoms with Crippen LogP contribution in [0.2, 0.25) is 10.0 Å². The van der Waals surface area contributed by atoms with Crippen LogP contribution in [0, 0.1) is 53.1 Å². The van der Waals surface area contributed by atoms with E-state index in [2.05, 4.69) is 34.7 Å². The second kappa shape index (κ2) is 16.9. The van der Waals surface area contributed by atoms with Gasteiger partial charge in [-0.2, -0.15) is 10.2 Å². The third-order valence-corrected chi connectivity index (χ3v) is 14.7. The number of nitrogen functional groups attached to an aromatic ring is 2. The number of carbonyl (C=O) groups is 2. The Hall–Kier alpha value is -4.24. The summed E-state index contributed by atoms with van der Waals surface area (Å²) >= 11 is 11.6. The van der Waals surface area contributed by atoms with Gasteiger partial charge >= 0.3 is 0 Å². The fraction of sp³-hybridized carbons (Fsp3) is 0.545. The average molecular weight is 870 g/mol. The van der Waals surface area contributed by atoms with Crippen LogP contribution >= 0.6 is 23.2 Å². The summed E-state index contributed by atoms with van der Waals surface area (Å²) in [5, 5.41) is 36.2. The molecule has 0 bridgehead atoms. The van der Waals surface area contributed by atoms with Gasteiger partial charge in [-0.15, -0.1) is 0 Å². The second-order valence-electron chi connectivity index (χ2n) is 18.3. The molecule has 4 aliphatic rings. The number of nitrogens with two attached hydrogens (primary N) is 2. The molecule has 4 aromatic rings. The van der Waals surface area contributed by atoms with Gasteiger partial charge in [0.2, 0.25) is 0 Å². The van der Waals surface area contributed by atoms with E-state index in [0.29, 0.717) is 53.1 Å². The normalized spacial score (nSPS) is 28.2. The monoisotopic (exact) mass is 868 g/mol. The van der Waals surface area contributed by atoms with Crippen molar-refractivity contribution < 1.29 is 28.6 Å². The summed E-state index contributed by atoms with van der Waals surface area (Å²) in [5.74, 6) is 1.94. The van der Waals surface area contributed by atoms with Gasteiger partial charge in [0.1, 0.15) is 34.4 Å². The zero-order valence-electron chi connectivity index (χ0n) is 34.9. The first kappa shape index (κ1) is 43.8. The number of aromatic nitrogens is 4. The number of nitrogens with one attached hydrogen (secondary N) is 2. The average Bonchev–Trinajstić information content (AvgIpc) is 4.02. The van der Waals surface area contributed by atoms with Crippen molar-refractivity contribution in [1.29, 1.82) is 0 Å². The Morgan fingerprint density at radius 1 is 0.767 bits per heavy atom. The maximum absolute atomic E-state index is 13.4. The number of benzene rings is 2. The molecule has 2 heterocycles. The number of nitrogens with zero attached hydrogens (tertiary/aromatic N) is 4. The Labute approximate surface area is 359 Å². The molecule has 0 saturated heterocycles. The molecule has 60 heavy (non-hydrogen) atoms. The van der Waals surface area contributed by atoms with Gasteiger partial charge in [0.05, 0.1) is 33.1 Å². The van der Waals surface area contributed by atoms with Gasteiger partial charge in [-0.05, 0) is 123 Å². The number of aliphatic hydroxyl groups excluding tert-OH is 1. The Kier molecular flexibility index (Phi) is 12.4. The molecule has 2 amide bonds. The number of amides is 2. The Balaban J connectivity index is 0.000000182. The van der Waals surface area contributed by atoms with Gasteiger partial charge < -0.3 is 32.3 Å². The predicted octanol–water partition coefficient (Wildman–Crippen LogP) is 8.53. The summed E-state index contributed by atoms with van der Waals surface area (Å²) in [4.78, 5) is 26.1. The minimum Gasteiger partial charge on any atom is -0.390 e. The Bertz CT molecular complexity index is 2270. The van der Waals surface area contributed by atoms with Crippen LogP contribution in [0.1, 0.15) is 117 Å². The van der Waals surface area contributed by atoms with Crippen LogP contribution in [0.15, 0.2) is 36.4 Å². The van der Waals surface area contributed by atoms with Crippen molar-refractivity contribution in [2.75, 3.05) is 22.1 Å². The van der Waals surface area contributed by atoms with Crippen molar-refractivity contribution in [2.45, 2.75) is 96.2 Å². The predicted molar refractivity (Wildman–Crippen MR) is 230 cm³/mol. The van der Waals surface area contributed by atoms with Gasteiger partial charge in [-0.1, -0.05) is 50.9 Å². The van der Waals surface area contributed by atoms with Crippen LogP contribution in [0.3, 0.4) is 0 Å². The highest BCUT2D eigenvalue weighted by Crippen LogP contribution is 2.56. The van der Waals surface area contributed by atoms with E-state index < -0.39 is 29.2 Å². The molecular weight excluding hydrogens is 813 g/mol. The molecule has 7 atom stereocenters. The van der Waals surface area contributed by atoms with Crippen LogP contribution in [0.5, 0.6) is 0 Å². The van der Waals surface area contributed by atoms with Crippen LogP contribution in [-0.4, -0.2) is 53.3 Å². The lowest BCUT2D eigenvalue weighted by Crippen LogP contribution is -2.44. The summed E-state index contributed by atoms with van der Waals surface area (Å²) in [6.45, 7) is 8.47. The van der Waals surface area contributed by atoms with Crippen LogP contribution in [-0.2, 0) is 14.1 Å². The molecule has 0 aliphatic heterocycles.